The van der Waals surface area contributed by atoms with Crippen LogP contribution in [0.25, 0.3) is 5.57 Å². The van der Waals surface area contributed by atoms with Crippen LogP contribution < -0.4 is 0 Å². The summed E-state index contributed by atoms with van der Waals surface area (Å²) < 4.78 is 6.39. The topological polar surface area (TPSA) is 9.23 Å². The van der Waals surface area contributed by atoms with Crippen LogP contribution in [0.4, 0.5) is 0 Å². The first kappa shape index (κ1) is 13.9. The van der Waals surface area contributed by atoms with E-state index in [2.05, 4.69) is 50.3 Å². The average molecular weight is 270 g/mol. The molecule has 0 bridgehead atoms. The molecule has 0 amide bonds. The maximum Gasteiger partial charge on any atom is 0.0816 e. The number of rotatable bonds is 2. The first-order valence-corrected chi connectivity index (χ1v) is 8.09. The lowest BCUT2D eigenvalue weighted by atomic mass is 9.80. The molecule has 1 aromatic rings. The van der Waals surface area contributed by atoms with E-state index in [0.717, 1.165) is 12.3 Å². The molecule has 1 heterocycles. The molecule has 0 radical (unpaired) electrons. The lowest BCUT2D eigenvalue weighted by molar-refractivity contribution is -0.0790. The van der Waals surface area contributed by atoms with Gasteiger partial charge in [-0.1, -0.05) is 49.6 Å². The zero-order chi connectivity index (χ0) is 14.0. The van der Waals surface area contributed by atoms with Crippen molar-refractivity contribution >= 4 is 5.57 Å². The summed E-state index contributed by atoms with van der Waals surface area (Å²) in [5, 5.41) is 0. The maximum absolute atomic E-state index is 6.39. The quantitative estimate of drug-likeness (QED) is 0.716. The van der Waals surface area contributed by atoms with Gasteiger partial charge in [0.25, 0.3) is 0 Å². The molecule has 0 N–H and O–H groups in total. The number of hydrogen-bond acceptors (Lipinski definition) is 1. The second kappa shape index (κ2) is 5.73. The average Bonchev–Trinajstić information content (AvgIpc) is 2.47. The maximum atomic E-state index is 6.39. The normalized spacial score (nSPS) is 27.1. The molecule has 1 aromatic carbocycles. The Bertz CT molecular complexity index is 466. The minimum Gasteiger partial charge on any atom is -0.368 e. The van der Waals surface area contributed by atoms with Gasteiger partial charge in [0.2, 0.25) is 0 Å². The Balaban J connectivity index is 1.82. The van der Waals surface area contributed by atoms with E-state index in [1.54, 1.807) is 0 Å². The van der Waals surface area contributed by atoms with E-state index in [1.807, 2.05) is 0 Å². The molecule has 108 valence electrons. The third-order valence-electron chi connectivity index (χ3n) is 4.72. The van der Waals surface area contributed by atoms with Gasteiger partial charge in [-0.3, -0.25) is 0 Å². The molecular weight excluding hydrogens is 244 g/mol. The summed E-state index contributed by atoms with van der Waals surface area (Å²) >= 11 is 0. The van der Waals surface area contributed by atoms with E-state index in [-0.39, 0.29) is 5.60 Å². The summed E-state index contributed by atoms with van der Waals surface area (Å²) in [5.41, 5.74) is 2.70. The second-order valence-electron chi connectivity index (χ2n) is 6.90. The SMILES string of the molecule is CC1(C)C=C(c2ccccc2)CC(C2CCCCC2)O1. The minimum absolute atomic E-state index is 0.133. The molecule has 1 nitrogen and oxygen atoms in total. The van der Waals surface area contributed by atoms with Crippen molar-refractivity contribution in [2.24, 2.45) is 5.92 Å². The fourth-order valence-corrected chi connectivity index (χ4v) is 3.78. The fourth-order valence-electron chi connectivity index (χ4n) is 3.78. The Morgan fingerprint density at radius 1 is 1.00 bits per heavy atom. The molecule has 1 unspecified atom stereocenters. The minimum atomic E-state index is -0.133. The van der Waals surface area contributed by atoms with Crippen molar-refractivity contribution in [2.75, 3.05) is 0 Å². The molecule has 1 aliphatic carbocycles. The Morgan fingerprint density at radius 3 is 2.40 bits per heavy atom. The highest BCUT2D eigenvalue weighted by Crippen LogP contribution is 2.39. The molecule has 20 heavy (non-hydrogen) atoms. The van der Waals surface area contributed by atoms with E-state index < -0.39 is 0 Å². The first-order valence-electron chi connectivity index (χ1n) is 8.09. The van der Waals surface area contributed by atoms with Crippen LogP contribution in [0.5, 0.6) is 0 Å². The van der Waals surface area contributed by atoms with Gasteiger partial charge in [0, 0.05) is 0 Å². The highest BCUT2D eigenvalue weighted by molar-refractivity contribution is 5.67. The summed E-state index contributed by atoms with van der Waals surface area (Å²) in [6, 6.07) is 10.8. The highest BCUT2D eigenvalue weighted by Gasteiger charge is 2.34. The lowest BCUT2D eigenvalue weighted by Crippen LogP contribution is -2.38. The Morgan fingerprint density at radius 2 is 1.70 bits per heavy atom. The zero-order valence-electron chi connectivity index (χ0n) is 12.8. The van der Waals surface area contributed by atoms with E-state index in [4.69, 9.17) is 4.74 Å². The molecule has 0 spiro atoms. The van der Waals surface area contributed by atoms with Gasteiger partial charge in [-0.2, -0.15) is 0 Å². The second-order valence-corrected chi connectivity index (χ2v) is 6.90. The standard InChI is InChI=1S/C19H26O/c1-19(2)14-17(15-9-5-3-6-10-15)13-18(20-19)16-11-7-4-8-12-16/h3,5-6,9-10,14,16,18H,4,7-8,11-13H2,1-2H3. The summed E-state index contributed by atoms with van der Waals surface area (Å²) in [4.78, 5) is 0. The van der Waals surface area contributed by atoms with Gasteiger partial charge in [0.15, 0.2) is 0 Å². The van der Waals surface area contributed by atoms with Gasteiger partial charge in [-0.15, -0.1) is 0 Å². The first-order chi connectivity index (χ1) is 9.64. The van der Waals surface area contributed by atoms with E-state index in [0.29, 0.717) is 6.10 Å². The highest BCUT2D eigenvalue weighted by atomic mass is 16.5. The van der Waals surface area contributed by atoms with Gasteiger partial charge in [0.1, 0.15) is 0 Å². The Labute approximate surface area is 123 Å². The van der Waals surface area contributed by atoms with Gasteiger partial charge in [-0.05, 0) is 56.2 Å². The number of hydrogen-bond donors (Lipinski definition) is 0. The molecule has 1 saturated carbocycles. The van der Waals surface area contributed by atoms with Crippen molar-refractivity contribution < 1.29 is 4.74 Å². The van der Waals surface area contributed by atoms with E-state index >= 15 is 0 Å². The van der Waals surface area contributed by atoms with Crippen molar-refractivity contribution in [1.82, 2.24) is 0 Å². The Kier molecular flexibility index (Phi) is 3.98. The third-order valence-corrected chi connectivity index (χ3v) is 4.72. The number of benzene rings is 1. The largest absolute Gasteiger partial charge is 0.368 e. The molecule has 0 aromatic heterocycles. The van der Waals surface area contributed by atoms with Crippen molar-refractivity contribution in [3.63, 3.8) is 0 Å². The van der Waals surface area contributed by atoms with Crippen LogP contribution in [0.1, 0.15) is 57.9 Å². The third kappa shape index (κ3) is 3.15. The van der Waals surface area contributed by atoms with Crippen molar-refractivity contribution in [3.05, 3.63) is 42.0 Å². The summed E-state index contributed by atoms with van der Waals surface area (Å²) in [7, 11) is 0. The zero-order valence-corrected chi connectivity index (χ0v) is 12.8. The fraction of sp³-hybridized carbons (Fsp3) is 0.579. The summed E-state index contributed by atoms with van der Waals surface area (Å²) in [6.45, 7) is 4.40. The van der Waals surface area contributed by atoms with Crippen LogP contribution in [0, 0.1) is 5.92 Å². The predicted molar refractivity (Wildman–Crippen MR) is 84.6 cm³/mol. The lowest BCUT2D eigenvalue weighted by Gasteiger charge is -2.40. The molecule has 1 heteroatoms. The van der Waals surface area contributed by atoms with Gasteiger partial charge < -0.3 is 4.74 Å². The molecular formula is C19H26O. The molecule has 2 aliphatic rings. The van der Waals surface area contributed by atoms with Gasteiger partial charge >= 0.3 is 0 Å². The van der Waals surface area contributed by atoms with Crippen LogP contribution in [-0.2, 0) is 4.74 Å². The number of ether oxygens (including phenoxy) is 1. The van der Waals surface area contributed by atoms with Crippen molar-refractivity contribution in [3.8, 4) is 0 Å². The summed E-state index contributed by atoms with van der Waals surface area (Å²) in [5.74, 6) is 0.760. The van der Waals surface area contributed by atoms with Crippen LogP contribution in [-0.4, -0.2) is 11.7 Å². The molecule has 0 saturated heterocycles. The molecule has 1 fully saturated rings. The molecule has 1 atom stereocenters. The van der Waals surface area contributed by atoms with Crippen LogP contribution in [0.3, 0.4) is 0 Å². The smallest absolute Gasteiger partial charge is 0.0816 e. The van der Waals surface area contributed by atoms with Gasteiger partial charge in [-0.25, -0.2) is 0 Å². The summed E-state index contributed by atoms with van der Waals surface area (Å²) in [6.07, 6.45) is 10.7. The van der Waals surface area contributed by atoms with Crippen LogP contribution >= 0.6 is 0 Å². The molecule has 1 aliphatic heterocycles. The molecule has 3 rings (SSSR count). The Hall–Kier alpha value is -1.08. The van der Waals surface area contributed by atoms with E-state index in [1.165, 1.54) is 43.2 Å². The monoisotopic (exact) mass is 270 g/mol. The van der Waals surface area contributed by atoms with E-state index in [9.17, 15) is 0 Å². The van der Waals surface area contributed by atoms with Crippen molar-refractivity contribution in [1.29, 1.82) is 0 Å². The van der Waals surface area contributed by atoms with Crippen LogP contribution in [0.15, 0.2) is 36.4 Å². The van der Waals surface area contributed by atoms with Gasteiger partial charge in [0.05, 0.1) is 11.7 Å². The van der Waals surface area contributed by atoms with Crippen LogP contribution in [0.2, 0.25) is 0 Å². The van der Waals surface area contributed by atoms with Crippen molar-refractivity contribution in [2.45, 2.75) is 64.1 Å². The predicted octanol–water partition coefficient (Wildman–Crippen LogP) is 5.22.